The molecule has 0 bridgehead atoms. The minimum absolute atomic E-state index is 0.0283. The maximum absolute atomic E-state index is 13.8. The summed E-state index contributed by atoms with van der Waals surface area (Å²) in [4.78, 5) is 28.7. The SMILES string of the molecule is CCC(C(=O)NC1CCCCC1)N(Cc1c(Cl)cccc1Cl)C(=O)CN(c1ccc(C)cc1)S(C)(=O)=O. The van der Waals surface area contributed by atoms with Crippen LogP contribution in [0.3, 0.4) is 0 Å². The molecule has 202 valence electrons. The van der Waals surface area contributed by atoms with Crippen LogP contribution in [0.4, 0.5) is 5.69 Å². The fourth-order valence-corrected chi connectivity index (χ4v) is 6.01. The molecule has 0 aliphatic heterocycles. The summed E-state index contributed by atoms with van der Waals surface area (Å²) in [6.07, 6.45) is 6.47. The molecule has 37 heavy (non-hydrogen) atoms. The number of rotatable bonds is 10. The predicted molar refractivity (Wildman–Crippen MR) is 149 cm³/mol. The Balaban J connectivity index is 1.95. The quantitative estimate of drug-likeness (QED) is 0.420. The molecule has 1 aliphatic carbocycles. The highest BCUT2D eigenvalue weighted by Gasteiger charge is 2.33. The van der Waals surface area contributed by atoms with Crippen molar-refractivity contribution < 1.29 is 18.0 Å². The average molecular weight is 569 g/mol. The summed E-state index contributed by atoms with van der Waals surface area (Å²) in [5.74, 6) is -0.778. The summed E-state index contributed by atoms with van der Waals surface area (Å²) in [6.45, 7) is 3.23. The van der Waals surface area contributed by atoms with Crippen molar-refractivity contribution in [1.29, 1.82) is 0 Å². The maximum atomic E-state index is 13.8. The lowest BCUT2D eigenvalue weighted by Crippen LogP contribution is -2.54. The molecule has 0 spiro atoms. The third-order valence-corrected chi connectivity index (χ3v) is 8.58. The monoisotopic (exact) mass is 567 g/mol. The number of nitrogens with one attached hydrogen (secondary N) is 1. The van der Waals surface area contributed by atoms with E-state index in [9.17, 15) is 18.0 Å². The number of benzene rings is 2. The molecule has 0 aromatic heterocycles. The van der Waals surface area contributed by atoms with Gasteiger partial charge in [0.15, 0.2) is 0 Å². The van der Waals surface area contributed by atoms with Gasteiger partial charge in [0.05, 0.1) is 11.9 Å². The molecule has 10 heteroatoms. The summed E-state index contributed by atoms with van der Waals surface area (Å²) in [5.41, 5.74) is 1.84. The number of halogens is 2. The first-order valence-corrected chi connectivity index (χ1v) is 15.2. The van der Waals surface area contributed by atoms with Crippen LogP contribution in [0.2, 0.25) is 10.0 Å². The predicted octanol–water partition coefficient (Wildman–Crippen LogP) is 5.32. The highest BCUT2D eigenvalue weighted by molar-refractivity contribution is 7.92. The molecule has 0 radical (unpaired) electrons. The molecule has 1 atom stereocenters. The molecule has 2 amide bonds. The van der Waals surface area contributed by atoms with Crippen molar-refractivity contribution in [3.8, 4) is 0 Å². The lowest BCUT2D eigenvalue weighted by Gasteiger charge is -2.34. The van der Waals surface area contributed by atoms with E-state index in [-0.39, 0.29) is 18.5 Å². The van der Waals surface area contributed by atoms with Gasteiger partial charge in [0, 0.05) is 28.2 Å². The van der Waals surface area contributed by atoms with Crippen LogP contribution in [0.1, 0.15) is 56.6 Å². The van der Waals surface area contributed by atoms with Gasteiger partial charge in [-0.15, -0.1) is 0 Å². The highest BCUT2D eigenvalue weighted by atomic mass is 35.5. The molecule has 7 nitrogen and oxygen atoms in total. The van der Waals surface area contributed by atoms with Crippen molar-refractivity contribution in [2.24, 2.45) is 0 Å². The van der Waals surface area contributed by atoms with Crippen molar-refractivity contribution in [2.45, 2.75) is 71.0 Å². The van der Waals surface area contributed by atoms with E-state index in [0.717, 1.165) is 48.2 Å². The lowest BCUT2D eigenvalue weighted by atomic mass is 9.95. The fourth-order valence-electron chi connectivity index (χ4n) is 4.64. The molecule has 1 N–H and O–H groups in total. The van der Waals surface area contributed by atoms with E-state index in [4.69, 9.17) is 23.2 Å². The van der Waals surface area contributed by atoms with Crippen LogP contribution in [-0.4, -0.2) is 50.0 Å². The van der Waals surface area contributed by atoms with E-state index in [1.807, 2.05) is 13.8 Å². The first-order valence-electron chi connectivity index (χ1n) is 12.6. The Labute approximate surface area is 230 Å². The van der Waals surface area contributed by atoms with E-state index in [1.165, 1.54) is 4.90 Å². The minimum atomic E-state index is -3.79. The second kappa shape index (κ2) is 13.0. The standard InChI is InChI=1S/C27H35Cl2N3O4S/c1-4-25(27(34)30-20-9-6-5-7-10-20)31(17-22-23(28)11-8-12-24(22)29)26(33)18-32(37(3,35)36)21-15-13-19(2)14-16-21/h8,11-16,20,25H,4-7,9-10,17-18H2,1-3H3,(H,30,34). The summed E-state index contributed by atoms with van der Waals surface area (Å²) >= 11 is 12.8. The first-order chi connectivity index (χ1) is 17.5. The molecule has 1 aliphatic rings. The number of hydrogen-bond acceptors (Lipinski definition) is 4. The molecular formula is C27H35Cl2N3O4S. The van der Waals surface area contributed by atoms with Crippen LogP contribution in [0, 0.1) is 6.92 Å². The summed E-state index contributed by atoms with van der Waals surface area (Å²) < 4.78 is 26.5. The van der Waals surface area contributed by atoms with E-state index in [2.05, 4.69) is 5.32 Å². The fraction of sp³-hybridized carbons (Fsp3) is 0.481. The molecule has 3 rings (SSSR count). The highest BCUT2D eigenvalue weighted by Crippen LogP contribution is 2.28. The number of amides is 2. The zero-order chi connectivity index (χ0) is 27.2. The van der Waals surface area contributed by atoms with Crippen molar-refractivity contribution in [3.05, 3.63) is 63.6 Å². The third-order valence-electron chi connectivity index (χ3n) is 6.73. The van der Waals surface area contributed by atoms with E-state index in [0.29, 0.717) is 27.7 Å². The Morgan fingerprint density at radius 3 is 2.16 bits per heavy atom. The molecule has 1 saturated carbocycles. The zero-order valence-corrected chi connectivity index (χ0v) is 23.9. The summed E-state index contributed by atoms with van der Waals surface area (Å²) in [6, 6.07) is 11.2. The maximum Gasteiger partial charge on any atom is 0.244 e. The Bertz CT molecular complexity index is 1180. The van der Waals surface area contributed by atoms with Gasteiger partial charge in [-0.2, -0.15) is 0 Å². The minimum Gasteiger partial charge on any atom is -0.352 e. The zero-order valence-electron chi connectivity index (χ0n) is 21.5. The molecule has 1 unspecified atom stereocenters. The number of carbonyl (C=O) groups excluding carboxylic acids is 2. The van der Waals surface area contributed by atoms with Crippen molar-refractivity contribution >= 4 is 50.7 Å². The van der Waals surface area contributed by atoms with Gasteiger partial charge in [0.25, 0.3) is 0 Å². The van der Waals surface area contributed by atoms with Gasteiger partial charge in [-0.05, 0) is 50.5 Å². The van der Waals surface area contributed by atoms with Gasteiger partial charge in [-0.3, -0.25) is 13.9 Å². The topological polar surface area (TPSA) is 86.8 Å². The number of nitrogens with zero attached hydrogens (tertiary/aromatic N) is 2. The Morgan fingerprint density at radius 1 is 1.03 bits per heavy atom. The normalized spacial score (nSPS) is 15.2. The molecular weight excluding hydrogens is 533 g/mol. The smallest absolute Gasteiger partial charge is 0.244 e. The van der Waals surface area contributed by atoms with Crippen molar-refractivity contribution in [2.75, 3.05) is 17.1 Å². The van der Waals surface area contributed by atoms with E-state index >= 15 is 0 Å². The molecule has 2 aromatic carbocycles. The van der Waals surface area contributed by atoms with Crippen LogP contribution in [0.5, 0.6) is 0 Å². The van der Waals surface area contributed by atoms with Gasteiger partial charge >= 0.3 is 0 Å². The third kappa shape index (κ3) is 7.85. The number of aryl methyl sites for hydroxylation is 1. The van der Waals surface area contributed by atoms with Crippen LogP contribution < -0.4 is 9.62 Å². The summed E-state index contributed by atoms with van der Waals surface area (Å²) in [7, 11) is -3.79. The average Bonchev–Trinajstić information content (AvgIpc) is 2.84. The van der Waals surface area contributed by atoms with Crippen LogP contribution in [0.25, 0.3) is 0 Å². The Hall–Kier alpha value is -2.29. The molecule has 0 saturated heterocycles. The second-order valence-electron chi connectivity index (χ2n) is 9.59. The van der Waals surface area contributed by atoms with Gasteiger partial charge in [0.2, 0.25) is 21.8 Å². The number of anilines is 1. The van der Waals surface area contributed by atoms with E-state index in [1.54, 1.807) is 42.5 Å². The van der Waals surface area contributed by atoms with Crippen molar-refractivity contribution in [1.82, 2.24) is 10.2 Å². The second-order valence-corrected chi connectivity index (χ2v) is 12.3. The van der Waals surface area contributed by atoms with Gasteiger partial charge < -0.3 is 10.2 Å². The number of carbonyl (C=O) groups is 2. The largest absolute Gasteiger partial charge is 0.352 e. The van der Waals surface area contributed by atoms with Crippen molar-refractivity contribution in [3.63, 3.8) is 0 Å². The van der Waals surface area contributed by atoms with Crippen LogP contribution >= 0.6 is 23.2 Å². The van der Waals surface area contributed by atoms with Gasteiger partial charge in [-0.1, -0.05) is 73.2 Å². The van der Waals surface area contributed by atoms with Gasteiger partial charge in [-0.25, -0.2) is 8.42 Å². The Kier molecular flexibility index (Phi) is 10.3. The molecule has 1 fully saturated rings. The Morgan fingerprint density at radius 2 is 1.62 bits per heavy atom. The van der Waals surface area contributed by atoms with Gasteiger partial charge in [0.1, 0.15) is 12.6 Å². The van der Waals surface area contributed by atoms with Crippen LogP contribution in [0.15, 0.2) is 42.5 Å². The number of sulfonamides is 1. The molecule has 2 aromatic rings. The van der Waals surface area contributed by atoms with E-state index < -0.39 is 28.5 Å². The first kappa shape index (κ1) is 29.3. The van der Waals surface area contributed by atoms with Crippen LogP contribution in [-0.2, 0) is 26.2 Å². The lowest BCUT2D eigenvalue weighted by molar-refractivity contribution is -0.140. The molecule has 0 heterocycles. The number of hydrogen-bond donors (Lipinski definition) is 1. The summed E-state index contributed by atoms with van der Waals surface area (Å²) in [5, 5.41) is 3.85.